The van der Waals surface area contributed by atoms with E-state index >= 15 is 0 Å². The average Bonchev–Trinajstić information content (AvgIpc) is 2.37. The fourth-order valence-electron chi connectivity index (χ4n) is 2.08. The van der Waals surface area contributed by atoms with Crippen LogP contribution in [0.5, 0.6) is 0 Å². The van der Waals surface area contributed by atoms with Gasteiger partial charge < -0.3 is 5.73 Å². The summed E-state index contributed by atoms with van der Waals surface area (Å²) in [5.41, 5.74) is 5.97. The first-order valence-corrected chi connectivity index (χ1v) is 6.83. The molecule has 0 amide bonds. The molecular formula is C15H23F3N2. The Kier molecular flexibility index (Phi) is 6.02. The molecule has 0 aliphatic heterocycles. The monoisotopic (exact) mass is 288 g/mol. The molecule has 114 valence electrons. The molecular weight excluding hydrogens is 265 g/mol. The summed E-state index contributed by atoms with van der Waals surface area (Å²) in [5.74, 6) is 0.587. The Balaban J connectivity index is 2.79. The van der Waals surface area contributed by atoms with Gasteiger partial charge in [0, 0.05) is 12.6 Å². The van der Waals surface area contributed by atoms with Crippen LogP contribution >= 0.6 is 0 Å². The van der Waals surface area contributed by atoms with E-state index in [1.54, 1.807) is 0 Å². The fourth-order valence-corrected chi connectivity index (χ4v) is 2.08. The van der Waals surface area contributed by atoms with Gasteiger partial charge in [0.25, 0.3) is 0 Å². The quantitative estimate of drug-likeness (QED) is 0.865. The molecule has 2 nitrogen and oxygen atoms in total. The molecule has 0 spiro atoms. The Hall–Kier alpha value is -1.07. The topological polar surface area (TPSA) is 29.3 Å². The van der Waals surface area contributed by atoms with Gasteiger partial charge in [-0.3, -0.25) is 4.90 Å². The molecule has 1 atom stereocenters. The van der Waals surface area contributed by atoms with E-state index in [4.69, 9.17) is 5.73 Å². The lowest BCUT2D eigenvalue weighted by Gasteiger charge is -2.28. The molecule has 2 N–H and O–H groups in total. The highest BCUT2D eigenvalue weighted by molar-refractivity contribution is 5.27. The third-order valence-electron chi connectivity index (χ3n) is 3.44. The predicted molar refractivity (Wildman–Crippen MR) is 75.3 cm³/mol. The number of alkyl halides is 3. The van der Waals surface area contributed by atoms with Crippen LogP contribution in [0.1, 0.15) is 37.4 Å². The van der Waals surface area contributed by atoms with Gasteiger partial charge in [-0.2, -0.15) is 13.2 Å². The maximum Gasteiger partial charge on any atom is 0.416 e. The number of benzene rings is 1. The van der Waals surface area contributed by atoms with Crippen LogP contribution in [-0.4, -0.2) is 25.0 Å². The summed E-state index contributed by atoms with van der Waals surface area (Å²) in [4.78, 5) is 2.10. The van der Waals surface area contributed by atoms with E-state index in [2.05, 4.69) is 18.7 Å². The second-order valence-electron chi connectivity index (χ2n) is 5.53. The van der Waals surface area contributed by atoms with Gasteiger partial charge in [0.05, 0.1) is 5.56 Å². The van der Waals surface area contributed by atoms with Crippen molar-refractivity contribution in [2.24, 2.45) is 11.7 Å². The highest BCUT2D eigenvalue weighted by Crippen LogP contribution is 2.30. The lowest BCUT2D eigenvalue weighted by molar-refractivity contribution is -0.137. The summed E-state index contributed by atoms with van der Waals surface area (Å²) in [5, 5.41) is 0. The van der Waals surface area contributed by atoms with Gasteiger partial charge in [-0.1, -0.05) is 26.0 Å². The molecule has 0 radical (unpaired) electrons. The van der Waals surface area contributed by atoms with Crippen LogP contribution in [0.25, 0.3) is 0 Å². The summed E-state index contributed by atoms with van der Waals surface area (Å²) in [6.45, 7) is 5.55. The normalized spacial score (nSPS) is 14.1. The first-order chi connectivity index (χ1) is 9.25. The Labute approximate surface area is 118 Å². The van der Waals surface area contributed by atoms with Crippen molar-refractivity contribution >= 4 is 0 Å². The predicted octanol–water partition coefficient (Wildman–Crippen LogP) is 3.68. The van der Waals surface area contributed by atoms with E-state index in [0.717, 1.165) is 30.7 Å². The van der Waals surface area contributed by atoms with Crippen molar-refractivity contribution < 1.29 is 13.2 Å². The smallest absolute Gasteiger partial charge is 0.329 e. The van der Waals surface area contributed by atoms with Crippen molar-refractivity contribution in [3.05, 3.63) is 35.4 Å². The van der Waals surface area contributed by atoms with E-state index in [0.29, 0.717) is 12.5 Å². The largest absolute Gasteiger partial charge is 0.416 e. The van der Waals surface area contributed by atoms with E-state index < -0.39 is 11.7 Å². The first-order valence-electron chi connectivity index (χ1n) is 6.83. The van der Waals surface area contributed by atoms with Gasteiger partial charge in [-0.15, -0.1) is 0 Å². The van der Waals surface area contributed by atoms with E-state index in [1.165, 1.54) is 12.1 Å². The minimum absolute atomic E-state index is 0.0453. The van der Waals surface area contributed by atoms with Crippen molar-refractivity contribution in [1.29, 1.82) is 0 Å². The number of nitrogens with two attached hydrogens (primary N) is 1. The van der Waals surface area contributed by atoms with Crippen molar-refractivity contribution in [3.63, 3.8) is 0 Å². The SMILES string of the molecule is CC(C)CCN(C)C(CN)c1ccc(C(F)(F)F)cc1. The van der Waals surface area contributed by atoms with E-state index in [9.17, 15) is 13.2 Å². The summed E-state index contributed by atoms with van der Waals surface area (Å²) in [6.07, 6.45) is -3.26. The molecule has 0 heterocycles. The van der Waals surface area contributed by atoms with E-state index in [-0.39, 0.29) is 6.04 Å². The number of hydrogen-bond donors (Lipinski definition) is 1. The molecule has 5 heteroatoms. The Morgan fingerprint density at radius 2 is 1.70 bits per heavy atom. The second-order valence-corrected chi connectivity index (χ2v) is 5.53. The van der Waals surface area contributed by atoms with Gasteiger partial charge in [-0.05, 0) is 43.6 Å². The third-order valence-corrected chi connectivity index (χ3v) is 3.44. The molecule has 0 aliphatic rings. The van der Waals surface area contributed by atoms with Crippen molar-refractivity contribution in [3.8, 4) is 0 Å². The number of nitrogens with zero attached hydrogens (tertiary/aromatic N) is 1. The lowest BCUT2D eigenvalue weighted by Crippen LogP contribution is -2.31. The van der Waals surface area contributed by atoms with E-state index in [1.807, 2.05) is 7.05 Å². The van der Waals surface area contributed by atoms with Crippen LogP contribution in [0.2, 0.25) is 0 Å². The number of likely N-dealkylation sites (N-methyl/N-ethyl adjacent to an activating group) is 1. The number of halogens is 3. The third kappa shape index (κ3) is 4.80. The zero-order valence-corrected chi connectivity index (χ0v) is 12.2. The second kappa shape index (κ2) is 7.09. The van der Waals surface area contributed by atoms with Crippen LogP contribution in [0.4, 0.5) is 13.2 Å². The minimum atomic E-state index is -4.29. The van der Waals surface area contributed by atoms with Gasteiger partial charge in [-0.25, -0.2) is 0 Å². The fraction of sp³-hybridized carbons (Fsp3) is 0.600. The van der Waals surface area contributed by atoms with Gasteiger partial charge in [0.1, 0.15) is 0 Å². The summed E-state index contributed by atoms with van der Waals surface area (Å²) in [6, 6.07) is 5.23. The Morgan fingerprint density at radius 3 is 2.10 bits per heavy atom. The highest BCUT2D eigenvalue weighted by atomic mass is 19.4. The maximum atomic E-state index is 12.5. The summed E-state index contributed by atoms with van der Waals surface area (Å²) in [7, 11) is 1.96. The number of hydrogen-bond acceptors (Lipinski definition) is 2. The molecule has 0 saturated heterocycles. The number of rotatable bonds is 6. The Morgan fingerprint density at radius 1 is 1.15 bits per heavy atom. The molecule has 0 aliphatic carbocycles. The van der Waals surface area contributed by atoms with Crippen molar-refractivity contribution in [2.75, 3.05) is 20.1 Å². The zero-order chi connectivity index (χ0) is 15.3. The molecule has 1 aromatic carbocycles. The molecule has 0 bridgehead atoms. The Bertz CT molecular complexity index is 399. The highest BCUT2D eigenvalue weighted by Gasteiger charge is 2.30. The van der Waals surface area contributed by atoms with Crippen molar-refractivity contribution in [2.45, 2.75) is 32.5 Å². The lowest BCUT2D eigenvalue weighted by atomic mass is 10.0. The molecule has 20 heavy (non-hydrogen) atoms. The van der Waals surface area contributed by atoms with Crippen LogP contribution in [0.3, 0.4) is 0 Å². The summed E-state index contributed by atoms with van der Waals surface area (Å²) < 4.78 is 37.6. The summed E-state index contributed by atoms with van der Waals surface area (Å²) >= 11 is 0. The van der Waals surface area contributed by atoms with Gasteiger partial charge in [0.2, 0.25) is 0 Å². The van der Waals surface area contributed by atoms with Crippen LogP contribution in [0.15, 0.2) is 24.3 Å². The maximum absolute atomic E-state index is 12.5. The average molecular weight is 288 g/mol. The molecule has 0 aromatic heterocycles. The molecule has 1 rings (SSSR count). The van der Waals surface area contributed by atoms with Gasteiger partial charge >= 0.3 is 6.18 Å². The molecule has 0 fully saturated rings. The van der Waals surface area contributed by atoms with Crippen molar-refractivity contribution in [1.82, 2.24) is 4.90 Å². The van der Waals surface area contributed by atoms with Crippen LogP contribution in [0, 0.1) is 5.92 Å². The molecule has 1 aromatic rings. The standard InChI is InChI=1S/C15H23F3N2/c1-11(2)8-9-20(3)14(10-19)12-4-6-13(7-5-12)15(16,17)18/h4-7,11,14H,8-10,19H2,1-3H3. The van der Waals surface area contributed by atoms with Gasteiger partial charge in [0.15, 0.2) is 0 Å². The minimum Gasteiger partial charge on any atom is -0.329 e. The molecule has 0 saturated carbocycles. The first kappa shape index (κ1) is 17.0. The molecule has 1 unspecified atom stereocenters. The van der Waals surface area contributed by atoms with Crippen LogP contribution < -0.4 is 5.73 Å². The zero-order valence-electron chi connectivity index (χ0n) is 12.2. The van der Waals surface area contributed by atoms with Crippen LogP contribution in [-0.2, 0) is 6.18 Å².